The summed E-state index contributed by atoms with van der Waals surface area (Å²) < 4.78 is 0. The molecule has 0 aromatic rings. The van der Waals surface area contributed by atoms with Crippen LogP contribution in [0.2, 0.25) is 0 Å². The van der Waals surface area contributed by atoms with Crippen LogP contribution in [-0.2, 0) is 4.79 Å². The highest BCUT2D eigenvalue weighted by Crippen LogP contribution is 2.13. The predicted molar refractivity (Wildman–Crippen MR) is 44.1 cm³/mol. The summed E-state index contributed by atoms with van der Waals surface area (Å²) in [5.74, 6) is 0.173. The van der Waals surface area contributed by atoms with Crippen molar-refractivity contribution in [3.8, 4) is 0 Å². The summed E-state index contributed by atoms with van der Waals surface area (Å²) in [4.78, 5) is 10.8. The molecule has 0 aromatic heterocycles. The van der Waals surface area contributed by atoms with Gasteiger partial charge in [0.05, 0.1) is 0 Å². The number of hydrogen-bond acceptors (Lipinski definition) is 1. The Balaban J connectivity index is 2.40. The first-order chi connectivity index (χ1) is 5.22. The molecule has 1 atom stereocenters. The van der Waals surface area contributed by atoms with Crippen LogP contribution in [0.15, 0.2) is 17.9 Å². The second-order valence-electron chi connectivity index (χ2n) is 2.96. The van der Waals surface area contributed by atoms with Crippen molar-refractivity contribution in [1.29, 1.82) is 0 Å². The average Bonchev–Trinajstić information content (AvgIpc) is 2.35. The quantitative estimate of drug-likeness (QED) is 0.594. The summed E-state index contributed by atoms with van der Waals surface area (Å²) in [7, 11) is 0. The van der Waals surface area contributed by atoms with E-state index in [0.29, 0.717) is 12.5 Å². The lowest BCUT2D eigenvalue weighted by atomic mass is 10.1. The maximum Gasteiger partial charge on any atom is 0.220 e. The zero-order chi connectivity index (χ0) is 8.27. The molecule has 1 heterocycles. The van der Waals surface area contributed by atoms with Crippen LogP contribution in [-0.4, -0.2) is 11.9 Å². The number of nitrogens with one attached hydrogen (secondary N) is 1. The maximum absolute atomic E-state index is 10.8. The molecule has 0 spiro atoms. The number of amides is 1. The lowest BCUT2D eigenvalue weighted by molar-refractivity contribution is -0.119. The van der Waals surface area contributed by atoms with E-state index in [4.69, 9.17) is 0 Å². The van der Waals surface area contributed by atoms with Crippen molar-refractivity contribution in [2.24, 2.45) is 0 Å². The molecule has 1 saturated heterocycles. The van der Waals surface area contributed by atoms with Crippen molar-refractivity contribution in [2.45, 2.75) is 32.2 Å². The molecule has 1 fully saturated rings. The smallest absolute Gasteiger partial charge is 0.220 e. The normalized spacial score (nSPS) is 22.6. The Morgan fingerprint density at radius 2 is 2.64 bits per heavy atom. The zero-order valence-corrected chi connectivity index (χ0v) is 6.81. The van der Waals surface area contributed by atoms with Gasteiger partial charge in [0.1, 0.15) is 0 Å². The Bertz CT molecular complexity index is 214. The third-order valence-electron chi connectivity index (χ3n) is 1.94. The number of carbonyl (C=O) groups excluding carboxylic acids is 1. The van der Waals surface area contributed by atoms with E-state index < -0.39 is 0 Å². The minimum absolute atomic E-state index is 0.173. The molecular weight excluding hydrogens is 138 g/mol. The van der Waals surface area contributed by atoms with E-state index in [-0.39, 0.29) is 5.91 Å². The summed E-state index contributed by atoms with van der Waals surface area (Å²) in [6.45, 7) is 5.53. The van der Waals surface area contributed by atoms with Gasteiger partial charge in [-0.1, -0.05) is 6.58 Å². The topological polar surface area (TPSA) is 29.1 Å². The minimum atomic E-state index is 0.173. The van der Waals surface area contributed by atoms with Crippen molar-refractivity contribution in [1.82, 2.24) is 5.32 Å². The first-order valence-electron chi connectivity index (χ1n) is 3.87. The van der Waals surface area contributed by atoms with Gasteiger partial charge in [0.2, 0.25) is 5.91 Å². The van der Waals surface area contributed by atoms with Gasteiger partial charge in [-0.3, -0.25) is 4.79 Å². The van der Waals surface area contributed by atoms with E-state index in [1.165, 1.54) is 0 Å². The Hall–Kier alpha value is -1.01. The molecule has 1 amide bonds. The molecule has 1 aliphatic rings. The van der Waals surface area contributed by atoms with Crippen LogP contribution in [0.1, 0.15) is 26.2 Å². The lowest BCUT2D eigenvalue weighted by Crippen LogP contribution is -2.25. The third kappa shape index (κ3) is 2.24. The van der Waals surface area contributed by atoms with Gasteiger partial charge in [-0.25, -0.2) is 0 Å². The second kappa shape index (κ2) is 3.40. The largest absolute Gasteiger partial charge is 0.353 e. The fourth-order valence-corrected chi connectivity index (χ4v) is 1.27. The summed E-state index contributed by atoms with van der Waals surface area (Å²) in [6.07, 6.45) is 2.53. The zero-order valence-electron chi connectivity index (χ0n) is 6.81. The first kappa shape index (κ1) is 8.09. The SMILES string of the molecule is C=C=C(C)CC1CCC(=O)N1. The Morgan fingerprint density at radius 3 is 3.09 bits per heavy atom. The van der Waals surface area contributed by atoms with Crippen LogP contribution in [0.3, 0.4) is 0 Å². The highest BCUT2D eigenvalue weighted by atomic mass is 16.1. The highest BCUT2D eigenvalue weighted by Gasteiger charge is 2.20. The minimum Gasteiger partial charge on any atom is -0.353 e. The van der Waals surface area contributed by atoms with Gasteiger partial charge in [0.25, 0.3) is 0 Å². The van der Waals surface area contributed by atoms with Crippen molar-refractivity contribution in [2.75, 3.05) is 0 Å². The van der Waals surface area contributed by atoms with Gasteiger partial charge >= 0.3 is 0 Å². The molecule has 0 bridgehead atoms. The lowest BCUT2D eigenvalue weighted by Gasteiger charge is -2.07. The molecule has 0 saturated carbocycles. The molecule has 2 heteroatoms. The summed E-state index contributed by atoms with van der Waals surface area (Å²) in [5.41, 5.74) is 3.94. The van der Waals surface area contributed by atoms with Crippen molar-refractivity contribution in [3.63, 3.8) is 0 Å². The van der Waals surface area contributed by atoms with Crippen LogP contribution in [0.4, 0.5) is 0 Å². The molecule has 1 N–H and O–H groups in total. The molecule has 1 unspecified atom stereocenters. The Labute approximate surface area is 67.0 Å². The van der Waals surface area contributed by atoms with Gasteiger partial charge in [0, 0.05) is 12.5 Å². The molecule has 2 nitrogen and oxygen atoms in total. The van der Waals surface area contributed by atoms with Crippen LogP contribution < -0.4 is 5.32 Å². The van der Waals surface area contributed by atoms with Crippen molar-refractivity contribution < 1.29 is 4.79 Å². The summed E-state index contributed by atoms with van der Waals surface area (Å²) in [5, 5.41) is 2.89. The summed E-state index contributed by atoms with van der Waals surface area (Å²) >= 11 is 0. The molecule has 0 aliphatic carbocycles. The third-order valence-corrected chi connectivity index (χ3v) is 1.94. The fraction of sp³-hybridized carbons (Fsp3) is 0.556. The maximum atomic E-state index is 10.8. The average molecular weight is 151 g/mol. The molecular formula is C9H13NO. The van der Waals surface area contributed by atoms with E-state index in [9.17, 15) is 4.79 Å². The summed E-state index contributed by atoms with van der Waals surface area (Å²) in [6, 6.07) is 0.330. The monoisotopic (exact) mass is 151 g/mol. The van der Waals surface area contributed by atoms with Gasteiger partial charge in [0.15, 0.2) is 0 Å². The van der Waals surface area contributed by atoms with E-state index in [1.807, 2.05) is 6.92 Å². The molecule has 0 radical (unpaired) electrons. The van der Waals surface area contributed by atoms with Crippen molar-refractivity contribution >= 4 is 5.91 Å². The molecule has 1 rings (SSSR count). The van der Waals surface area contributed by atoms with Gasteiger partial charge < -0.3 is 5.32 Å². The standard InChI is InChI=1S/C9H13NO/c1-3-7(2)6-8-4-5-9(11)10-8/h8H,1,4-6H2,2H3,(H,10,11). The Morgan fingerprint density at radius 1 is 1.91 bits per heavy atom. The van der Waals surface area contributed by atoms with E-state index in [0.717, 1.165) is 18.4 Å². The molecule has 1 aliphatic heterocycles. The molecule has 11 heavy (non-hydrogen) atoms. The highest BCUT2D eigenvalue weighted by molar-refractivity contribution is 5.78. The van der Waals surface area contributed by atoms with Gasteiger partial charge in [-0.05, 0) is 25.3 Å². The number of hydrogen-bond donors (Lipinski definition) is 1. The fourth-order valence-electron chi connectivity index (χ4n) is 1.27. The van der Waals surface area contributed by atoms with Gasteiger partial charge in [-0.2, -0.15) is 0 Å². The first-order valence-corrected chi connectivity index (χ1v) is 3.87. The van der Waals surface area contributed by atoms with Crippen molar-refractivity contribution in [3.05, 3.63) is 17.9 Å². The number of carbonyl (C=O) groups is 1. The van der Waals surface area contributed by atoms with E-state index in [2.05, 4.69) is 17.6 Å². The van der Waals surface area contributed by atoms with Crippen LogP contribution in [0.5, 0.6) is 0 Å². The van der Waals surface area contributed by atoms with Crippen LogP contribution in [0.25, 0.3) is 0 Å². The predicted octanol–water partition coefficient (Wildman–Crippen LogP) is 1.39. The molecule has 0 aromatic carbocycles. The van der Waals surface area contributed by atoms with Crippen LogP contribution >= 0.6 is 0 Å². The molecule has 60 valence electrons. The Kier molecular flexibility index (Phi) is 2.50. The van der Waals surface area contributed by atoms with Crippen LogP contribution in [0, 0.1) is 0 Å². The van der Waals surface area contributed by atoms with E-state index >= 15 is 0 Å². The van der Waals surface area contributed by atoms with Gasteiger partial charge in [-0.15, -0.1) is 5.73 Å². The second-order valence-corrected chi connectivity index (χ2v) is 2.96. The van der Waals surface area contributed by atoms with E-state index in [1.54, 1.807) is 0 Å². The number of rotatable bonds is 2.